The van der Waals surface area contributed by atoms with Crippen molar-refractivity contribution in [3.8, 4) is 0 Å². The number of amides is 1. The maximum Gasteiger partial charge on any atom is 0.223 e. The van der Waals surface area contributed by atoms with Crippen molar-refractivity contribution in [2.24, 2.45) is 5.92 Å². The van der Waals surface area contributed by atoms with Gasteiger partial charge in [-0.15, -0.1) is 0 Å². The van der Waals surface area contributed by atoms with Crippen LogP contribution in [0.15, 0.2) is 22.8 Å². The SMILES string of the molecule is CC(C)c1n[nH]c(=S)n1CCNC(=O)[C@@H]1C[C@@H]1c1ccco1. The second-order valence-corrected chi connectivity index (χ2v) is 6.34. The summed E-state index contributed by atoms with van der Waals surface area (Å²) in [7, 11) is 0. The van der Waals surface area contributed by atoms with Gasteiger partial charge < -0.3 is 14.3 Å². The fourth-order valence-corrected chi connectivity index (χ4v) is 2.94. The molecule has 0 bridgehead atoms. The Hall–Kier alpha value is -1.89. The van der Waals surface area contributed by atoms with Crippen LogP contribution >= 0.6 is 12.2 Å². The molecular weight excluding hydrogens is 300 g/mol. The second kappa shape index (κ2) is 6.08. The Morgan fingerprint density at radius 2 is 2.45 bits per heavy atom. The summed E-state index contributed by atoms with van der Waals surface area (Å²) < 4.78 is 7.89. The summed E-state index contributed by atoms with van der Waals surface area (Å²) in [6, 6.07) is 3.79. The van der Waals surface area contributed by atoms with Gasteiger partial charge in [0, 0.05) is 30.8 Å². The number of nitrogens with zero attached hydrogens (tertiary/aromatic N) is 2. The fourth-order valence-electron chi connectivity index (χ4n) is 2.71. The van der Waals surface area contributed by atoms with Gasteiger partial charge in [-0.1, -0.05) is 13.8 Å². The van der Waals surface area contributed by atoms with Crippen molar-refractivity contribution in [2.75, 3.05) is 6.54 Å². The zero-order valence-electron chi connectivity index (χ0n) is 12.7. The molecule has 6 nitrogen and oxygen atoms in total. The summed E-state index contributed by atoms with van der Waals surface area (Å²) >= 11 is 5.23. The molecule has 0 unspecified atom stereocenters. The lowest BCUT2D eigenvalue weighted by Crippen LogP contribution is -2.29. The third kappa shape index (κ3) is 2.99. The minimum Gasteiger partial charge on any atom is -0.469 e. The molecule has 118 valence electrons. The standard InChI is InChI=1S/C15H20N4O2S/c1-9(2)13-17-18-15(22)19(13)6-5-16-14(20)11-8-10(11)12-4-3-7-21-12/h3-4,7,9-11H,5-6,8H2,1-2H3,(H,16,20)(H,18,22)/t10-,11+/m0/s1. The van der Waals surface area contributed by atoms with Crippen LogP contribution in [0.3, 0.4) is 0 Å². The van der Waals surface area contributed by atoms with Gasteiger partial charge in [0.05, 0.1) is 6.26 Å². The third-order valence-corrected chi connectivity index (χ3v) is 4.29. The number of aromatic nitrogens is 3. The summed E-state index contributed by atoms with van der Waals surface area (Å²) in [6.45, 7) is 5.32. The van der Waals surface area contributed by atoms with Gasteiger partial charge in [0.15, 0.2) is 4.77 Å². The molecule has 2 aromatic heterocycles. The van der Waals surface area contributed by atoms with Crippen LogP contribution in [-0.4, -0.2) is 27.2 Å². The summed E-state index contributed by atoms with van der Waals surface area (Å²) in [5.74, 6) is 2.46. The summed E-state index contributed by atoms with van der Waals surface area (Å²) in [5.41, 5.74) is 0. The van der Waals surface area contributed by atoms with Crippen LogP contribution in [0.5, 0.6) is 0 Å². The van der Waals surface area contributed by atoms with Gasteiger partial charge in [-0.3, -0.25) is 9.89 Å². The van der Waals surface area contributed by atoms with E-state index in [1.165, 1.54) is 0 Å². The molecule has 0 radical (unpaired) electrons. The highest BCUT2D eigenvalue weighted by Crippen LogP contribution is 2.47. The van der Waals surface area contributed by atoms with Crippen LogP contribution in [0.4, 0.5) is 0 Å². The van der Waals surface area contributed by atoms with Gasteiger partial charge in [0.1, 0.15) is 11.6 Å². The Morgan fingerprint density at radius 1 is 1.64 bits per heavy atom. The summed E-state index contributed by atoms with van der Waals surface area (Å²) in [5, 5.41) is 10.0. The minimum atomic E-state index is 0.0352. The van der Waals surface area contributed by atoms with E-state index < -0.39 is 0 Å². The number of aromatic amines is 1. The Morgan fingerprint density at radius 3 is 3.14 bits per heavy atom. The number of hydrogen-bond acceptors (Lipinski definition) is 4. The van der Waals surface area contributed by atoms with Crippen molar-refractivity contribution in [3.05, 3.63) is 34.8 Å². The molecule has 22 heavy (non-hydrogen) atoms. The number of nitrogens with one attached hydrogen (secondary N) is 2. The Balaban J connectivity index is 1.51. The molecule has 0 aromatic carbocycles. The highest BCUT2D eigenvalue weighted by Gasteiger charge is 2.45. The van der Waals surface area contributed by atoms with Gasteiger partial charge in [0.25, 0.3) is 0 Å². The first kappa shape index (κ1) is 15.0. The van der Waals surface area contributed by atoms with Crippen LogP contribution in [0.2, 0.25) is 0 Å². The van der Waals surface area contributed by atoms with Crippen LogP contribution in [-0.2, 0) is 11.3 Å². The minimum absolute atomic E-state index is 0.0352. The first-order chi connectivity index (χ1) is 10.6. The number of H-pyrrole nitrogens is 1. The topological polar surface area (TPSA) is 75.8 Å². The number of hydrogen-bond donors (Lipinski definition) is 2. The molecule has 1 amide bonds. The molecule has 1 aliphatic rings. The van der Waals surface area contributed by atoms with E-state index in [-0.39, 0.29) is 23.7 Å². The van der Waals surface area contributed by atoms with Crippen LogP contribution in [0, 0.1) is 10.7 Å². The maximum atomic E-state index is 12.1. The molecule has 1 saturated carbocycles. The molecular formula is C15H20N4O2S. The van der Waals surface area contributed by atoms with E-state index in [4.69, 9.17) is 16.6 Å². The molecule has 7 heteroatoms. The van der Waals surface area contributed by atoms with Crippen molar-refractivity contribution in [1.82, 2.24) is 20.1 Å². The first-order valence-electron chi connectivity index (χ1n) is 7.54. The lowest BCUT2D eigenvalue weighted by Gasteiger charge is -2.10. The number of rotatable bonds is 6. The Kier molecular flexibility index (Phi) is 4.15. The van der Waals surface area contributed by atoms with Crippen LogP contribution < -0.4 is 5.32 Å². The predicted molar refractivity (Wildman–Crippen MR) is 84.1 cm³/mol. The third-order valence-electron chi connectivity index (χ3n) is 3.97. The first-order valence-corrected chi connectivity index (χ1v) is 7.95. The van der Waals surface area contributed by atoms with Crippen LogP contribution in [0.1, 0.15) is 43.7 Å². The van der Waals surface area contributed by atoms with E-state index in [9.17, 15) is 4.79 Å². The van der Waals surface area contributed by atoms with E-state index in [2.05, 4.69) is 29.4 Å². The smallest absolute Gasteiger partial charge is 0.223 e. The average molecular weight is 320 g/mol. The fraction of sp³-hybridized carbons (Fsp3) is 0.533. The molecule has 0 spiro atoms. The summed E-state index contributed by atoms with van der Waals surface area (Å²) in [4.78, 5) is 12.1. The predicted octanol–water partition coefficient (Wildman–Crippen LogP) is 2.58. The molecule has 3 rings (SSSR count). The largest absolute Gasteiger partial charge is 0.469 e. The van der Waals surface area contributed by atoms with Crippen molar-refractivity contribution >= 4 is 18.1 Å². The highest BCUT2D eigenvalue weighted by molar-refractivity contribution is 7.71. The number of carbonyl (C=O) groups is 1. The monoisotopic (exact) mass is 320 g/mol. The van der Waals surface area contributed by atoms with E-state index in [0.29, 0.717) is 17.9 Å². The number of furan rings is 1. The number of carbonyl (C=O) groups excluding carboxylic acids is 1. The van der Waals surface area contributed by atoms with Crippen molar-refractivity contribution in [2.45, 2.75) is 38.6 Å². The quantitative estimate of drug-likeness (QED) is 0.802. The van der Waals surface area contributed by atoms with Crippen molar-refractivity contribution in [3.63, 3.8) is 0 Å². The van der Waals surface area contributed by atoms with Gasteiger partial charge in [-0.2, -0.15) is 5.10 Å². The van der Waals surface area contributed by atoms with E-state index >= 15 is 0 Å². The van der Waals surface area contributed by atoms with E-state index in [0.717, 1.165) is 18.0 Å². The van der Waals surface area contributed by atoms with Crippen LogP contribution in [0.25, 0.3) is 0 Å². The maximum absolute atomic E-state index is 12.1. The molecule has 2 N–H and O–H groups in total. The van der Waals surface area contributed by atoms with Crippen molar-refractivity contribution in [1.29, 1.82) is 0 Å². The zero-order chi connectivity index (χ0) is 15.7. The molecule has 2 aromatic rings. The van der Waals surface area contributed by atoms with Crippen molar-refractivity contribution < 1.29 is 9.21 Å². The Labute approximate surface area is 133 Å². The molecule has 1 aliphatic carbocycles. The lowest BCUT2D eigenvalue weighted by molar-refractivity contribution is -0.122. The molecule has 2 atom stereocenters. The molecule has 0 aliphatic heterocycles. The summed E-state index contributed by atoms with van der Waals surface area (Å²) in [6.07, 6.45) is 2.51. The molecule has 0 saturated heterocycles. The van der Waals surface area contributed by atoms with E-state index in [1.54, 1.807) is 6.26 Å². The average Bonchev–Trinajstić information content (AvgIpc) is 2.92. The molecule has 2 heterocycles. The lowest BCUT2D eigenvalue weighted by atomic mass is 10.2. The van der Waals surface area contributed by atoms with Gasteiger partial charge in [-0.05, 0) is 30.8 Å². The van der Waals surface area contributed by atoms with Gasteiger partial charge >= 0.3 is 0 Å². The van der Waals surface area contributed by atoms with Gasteiger partial charge in [-0.25, -0.2) is 0 Å². The second-order valence-electron chi connectivity index (χ2n) is 5.95. The van der Waals surface area contributed by atoms with E-state index in [1.807, 2.05) is 16.7 Å². The Bertz CT molecular complexity index is 701. The zero-order valence-corrected chi connectivity index (χ0v) is 13.5. The normalized spacial score (nSPS) is 20.3. The highest BCUT2D eigenvalue weighted by atomic mass is 32.1. The molecule has 1 fully saturated rings. The van der Waals surface area contributed by atoms with Gasteiger partial charge in [0.2, 0.25) is 5.91 Å².